The minimum atomic E-state index is -0.447. The van der Waals surface area contributed by atoms with Gasteiger partial charge in [-0.2, -0.15) is 0 Å². The summed E-state index contributed by atoms with van der Waals surface area (Å²) in [5.74, 6) is -0.762. The number of nitrogens with one attached hydrogen (secondary N) is 2. The first-order chi connectivity index (χ1) is 10.1. The lowest BCUT2D eigenvalue weighted by Crippen LogP contribution is -2.23. The highest BCUT2D eigenvalue weighted by Gasteiger charge is 2.12. The van der Waals surface area contributed by atoms with Crippen LogP contribution in [0.3, 0.4) is 0 Å². The van der Waals surface area contributed by atoms with Crippen molar-refractivity contribution in [2.75, 3.05) is 11.9 Å². The Morgan fingerprint density at radius 1 is 1.19 bits per heavy atom. The van der Waals surface area contributed by atoms with E-state index >= 15 is 0 Å². The van der Waals surface area contributed by atoms with E-state index in [0.29, 0.717) is 10.0 Å². The summed E-state index contributed by atoms with van der Waals surface area (Å²) in [6.07, 6.45) is 1.00. The number of hydrogen-bond donors (Lipinski definition) is 2. The predicted octanol–water partition coefficient (Wildman–Crippen LogP) is 3.49. The molecule has 1 aliphatic rings. The van der Waals surface area contributed by atoms with Gasteiger partial charge in [0.05, 0.1) is 4.47 Å². The van der Waals surface area contributed by atoms with Gasteiger partial charge in [-0.3, -0.25) is 4.79 Å². The summed E-state index contributed by atoms with van der Waals surface area (Å²) >= 11 is 3.07. The zero-order chi connectivity index (χ0) is 14.8. The Kier molecular flexibility index (Phi) is 4.03. The van der Waals surface area contributed by atoms with E-state index in [0.717, 1.165) is 25.2 Å². The van der Waals surface area contributed by atoms with Crippen LogP contribution < -0.4 is 10.6 Å². The molecular formula is C16H14BrFN2O. The second-order valence-electron chi connectivity index (χ2n) is 4.99. The number of hydrogen-bond acceptors (Lipinski definition) is 2. The monoisotopic (exact) mass is 348 g/mol. The molecule has 0 atom stereocenters. The molecule has 2 aromatic rings. The molecule has 0 unspecified atom stereocenters. The Hall–Kier alpha value is -1.72. The number of fused-ring (bicyclic) bond motifs is 1. The zero-order valence-corrected chi connectivity index (χ0v) is 12.8. The van der Waals surface area contributed by atoms with Crippen LogP contribution in [0, 0.1) is 5.82 Å². The summed E-state index contributed by atoms with van der Waals surface area (Å²) in [6.45, 7) is 1.79. The van der Waals surface area contributed by atoms with E-state index in [1.54, 1.807) is 6.07 Å². The first-order valence-corrected chi connectivity index (χ1v) is 7.52. The number of rotatable bonds is 2. The molecule has 3 rings (SSSR count). The van der Waals surface area contributed by atoms with Crippen molar-refractivity contribution >= 4 is 27.5 Å². The normalized spacial score (nSPS) is 13.6. The van der Waals surface area contributed by atoms with Crippen molar-refractivity contribution in [1.29, 1.82) is 0 Å². The van der Waals surface area contributed by atoms with Gasteiger partial charge in [0, 0.05) is 17.8 Å². The van der Waals surface area contributed by atoms with Crippen molar-refractivity contribution in [3.05, 3.63) is 63.4 Å². The Morgan fingerprint density at radius 3 is 2.86 bits per heavy atom. The third kappa shape index (κ3) is 3.14. The summed E-state index contributed by atoms with van der Waals surface area (Å²) in [7, 11) is 0. The van der Waals surface area contributed by atoms with Crippen LogP contribution in [0.4, 0.5) is 10.1 Å². The fourth-order valence-electron chi connectivity index (χ4n) is 2.40. The maximum atomic E-state index is 13.5. The second kappa shape index (κ2) is 5.95. The van der Waals surface area contributed by atoms with Crippen LogP contribution in [0.15, 0.2) is 40.9 Å². The van der Waals surface area contributed by atoms with Crippen LogP contribution in [0.5, 0.6) is 0 Å². The van der Waals surface area contributed by atoms with Gasteiger partial charge in [-0.05, 0) is 70.4 Å². The Morgan fingerprint density at radius 2 is 2.05 bits per heavy atom. The highest BCUT2D eigenvalue weighted by molar-refractivity contribution is 9.10. The van der Waals surface area contributed by atoms with Gasteiger partial charge in [0.25, 0.3) is 5.91 Å². The Labute approximate surface area is 130 Å². The fraction of sp³-hybridized carbons (Fsp3) is 0.188. The third-order valence-corrected chi connectivity index (χ3v) is 4.18. The molecule has 2 N–H and O–H groups in total. The molecule has 0 fully saturated rings. The largest absolute Gasteiger partial charge is 0.322 e. The summed E-state index contributed by atoms with van der Waals surface area (Å²) in [5.41, 5.74) is 3.53. The summed E-state index contributed by atoms with van der Waals surface area (Å²) in [6, 6.07) is 10.2. The van der Waals surface area contributed by atoms with E-state index in [2.05, 4.69) is 26.6 Å². The maximum absolute atomic E-state index is 13.5. The van der Waals surface area contributed by atoms with E-state index in [4.69, 9.17) is 0 Å². The highest BCUT2D eigenvalue weighted by Crippen LogP contribution is 2.21. The standard InChI is InChI=1S/C16H14BrFN2O/c17-14-4-2-11(8-15(14)18)16(21)20-13-3-1-10-5-6-19-9-12(10)7-13/h1-4,7-8,19H,5-6,9H2,(H,20,21). The van der Waals surface area contributed by atoms with Crippen LogP contribution in [-0.2, 0) is 13.0 Å². The Bertz CT molecular complexity index is 703. The van der Waals surface area contributed by atoms with Gasteiger partial charge in [0.2, 0.25) is 0 Å². The molecule has 1 amide bonds. The molecule has 0 radical (unpaired) electrons. The van der Waals surface area contributed by atoms with Crippen molar-refractivity contribution < 1.29 is 9.18 Å². The summed E-state index contributed by atoms with van der Waals surface area (Å²) < 4.78 is 13.8. The van der Waals surface area contributed by atoms with Crippen LogP contribution in [0.2, 0.25) is 0 Å². The molecule has 1 heterocycles. The van der Waals surface area contributed by atoms with Crippen LogP contribution in [0.1, 0.15) is 21.5 Å². The lowest BCUT2D eigenvalue weighted by Gasteiger charge is -2.18. The molecular weight excluding hydrogens is 335 g/mol. The van der Waals surface area contributed by atoms with E-state index in [-0.39, 0.29) is 5.91 Å². The first kappa shape index (κ1) is 14.2. The van der Waals surface area contributed by atoms with Gasteiger partial charge in [-0.25, -0.2) is 4.39 Å². The molecule has 21 heavy (non-hydrogen) atoms. The van der Waals surface area contributed by atoms with Crippen LogP contribution in [0.25, 0.3) is 0 Å². The quantitative estimate of drug-likeness (QED) is 0.872. The number of benzene rings is 2. The minimum Gasteiger partial charge on any atom is -0.322 e. The minimum absolute atomic E-state index is 0.298. The molecule has 2 aromatic carbocycles. The van der Waals surface area contributed by atoms with Crippen LogP contribution >= 0.6 is 15.9 Å². The topological polar surface area (TPSA) is 41.1 Å². The summed E-state index contributed by atoms with van der Waals surface area (Å²) in [5, 5.41) is 6.11. The smallest absolute Gasteiger partial charge is 0.255 e. The van der Waals surface area contributed by atoms with E-state index in [1.807, 2.05) is 18.2 Å². The zero-order valence-electron chi connectivity index (χ0n) is 11.2. The van der Waals surface area contributed by atoms with Crippen LogP contribution in [-0.4, -0.2) is 12.5 Å². The van der Waals surface area contributed by atoms with E-state index in [9.17, 15) is 9.18 Å². The number of carbonyl (C=O) groups excluding carboxylic acids is 1. The number of carbonyl (C=O) groups is 1. The summed E-state index contributed by atoms with van der Waals surface area (Å²) in [4.78, 5) is 12.1. The first-order valence-electron chi connectivity index (χ1n) is 6.72. The van der Waals surface area contributed by atoms with Gasteiger partial charge in [0.15, 0.2) is 0 Å². The fourth-order valence-corrected chi connectivity index (χ4v) is 2.65. The number of amides is 1. The number of anilines is 1. The molecule has 1 aliphatic heterocycles. The predicted molar refractivity (Wildman–Crippen MR) is 83.9 cm³/mol. The third-order valence-electron chi connectivity index (χ3n) is 3.53. The molecule has 0 saturated heterocycles. The van der Waals surface area contributed by atoms with Gasteiger partial charge < -0.3 is 10.6 Å². The molecule has 0 bridgehead atoms. The van der Waals surface area contributed by atoms with E-state index in [1.165, 1.54) is 23.3 Å². The number of halogens is 2. The highest BCUT2D eigenvalue weighted by atomic mass is 79.9. The van der Waals surface area contributed by atoms with E-state index < -0.39 is 5.82 Å². The van der Waals surface area contributed by atoms with Crippen molar-refractivity contribution in [3.63, 3.8) is 0 Å². The molecule has 5 heteroatoms. The van der Waals surface area contributed by atoms with Gasteiger partial charge in [-0.15, -0.1) is 0 Å². The van der Waals surface area contributed by atoms with Gasteiger partial charge in [0.1, 0.15) is 5.82 Å². The van der Waals surface area contributed by atoms with Crippen molar-refractivity contribution in [1.82, 2.24) is 5.32 Å². The van der Waals surface area contributed by atoms with Crippen molar-refractivity contribution in [2.45, 2.75) is 13.0 Å². The maximum Gasteiger partial charge on any atom is 0.255 e. The Balaban J connectivity index is 1.79. The van der Waals surface area contributed by atoms with Crippen molar-refractivity contribution in [3.8, 4) is 0 Å². The van der Waals surface area contributed by atoms with Gasteiger partial charge in [-0.1, -0.05) is 6.07 Å². The molecule has 3 nitrogen and oxygen atoms in total. The molecule has 0 spiro atoms. The lowest BCUT2D eigenvalue weighted by molar-refractivity contribution is 0.102. The molecule has 0 aromatic heterocycles. The second-order valence-corrected chi connectivity index (χ2v) is 5.85. The SMILES string of the molecule is O=C(Nc1ccc2c(c1)CNCC2)c1ccc(Br)c(F)c1. The molecule has 108 valence electrons. The van der Waals surface area contributed by atoms with Crippen molar-refractivity contribution in [2.24, 2.45) is 0 Å². The average Bonchev–Trinajstić information content (AvgIpc) is 2.50. The average molecular weight is 349 g/mol. The van der Waals surface area contributed by atoms with Gasteiger partial charge >= 0.3 is 0 Å². The molecule has 0 saturated carbocycles. The lowest BCUT2D eigenvalue weighted by atomic mass is 10.0. The molecule has 0 aliphatic carbocycles.